The van der Waals surface area contributed by atoms with Gasteiger partial charge < -0.3 is 19.7 Å². The number of rotatable bonds is 12. The van der Waals surface area contributed by atoms with E-state index in [4.69, 9.17) is 21.1 Å². The fraction of sp³-hybridized carbons (Fsp3) is 0.462. The Hall–Kier alpha value is -2.98. The maximum absolute atomic E-state index is 13.3. The Labute approximate surface area is 223 Å². The molecule has 3 rings (SSSR count). The lowest BCUT2D eigenvalue weighted by Crippen LogP contribution is -2.48. The maximum atomic E-state index is 13.3. The first kappa shape index (κ1) is 28.6. The summed E-state index contributed by atoms with van der Waals surface area (Å²) in [6.07, 6.45) is 2.20. The molecule has 0 saturated carbocycles. The van der Waals surface area contributed by atoms with Crippen molar-refractivity contribution in [1.29, 1.82) is 0 Å². The normalized spacial score (nSPS) is 13.5. The number of fused-ring (bicyclic) bond motifs is 1. The van der Waals surface area contributed by atoms with Crippen LogP contribution in [-0.2, 0) is 26.2 Å². The van der Waals surface area contributed by atoms with Crippen LogP contribution in [0.25, 0.3) is 0 Å². The minimum Gasteiger partial charge on any atom is -0.486 e. The Kier molecular flexibility index (Phi) is 10.0. The molecule has 0 aromatic heterocycles. The average Bonchev–Trinajstić information content (AvgIpc) is 2.87. The number of carbonyl (C=O) groups excluding carboxylic acids is 2. The summed E-state index contributed by atoms with van der Waals surface area (Å²) in [4.78, 5) is 27.5. The molecule has 0 bridgehead atoms. The predicted octanol–water partition coefficient (Wildman–Crippen LogP) is 3.60. The van der Waals surface area contributed by atoms with Crippen LogP contribution < -0.4 is 19.1 Å². The van der Waals surface area contributed by atoms with Crippen molar-refractivity contribution in [2.24, 2.45) is 0 Å². The molecule has 0 aliphatic carbocycles. The van der Waals surface area contributed by atoms with Crippen LogP contribution >= 0.6 is 11.6 Å². The van der Waals surface area contributed by atoms with Crippen molar-refractivity contribution in [2.75, 3.05) is 36.9 Å². The number of nitrogens with zero attached hydrogens (tertiary/aromatic N) is 2. The molecular formula is C26H34ClN3O6S. The SMILES string of the molecule is CCCNC(=O)C(C)N(Cc1ccccc1Cl)C(=O)CCCN(c1ccc2c(c1)OCCO2)S(C)(=O)=O. The zero-order chi connectivity index (χ0) is 27.0. The molecule has 0 spiro atoms. The van der Waals surface area contributed by atoms with Crippen molar-refractivity contribution < 1.29 is 27.5 Å². The third-order valence-electron chi connectivity index (χ3n) is 5.98. The largest absolute Gasteiger partial charge is 0.486 e. The van der Waals surface area contributed by atoms with Gasteiger partial charge in [0, 0.05) is 37.1 Å². The van der Waals surface area contributed by atoms with E-state index in [1.165, 1.54) is 9.21 Å². The van der Waals surface area contributed by atoms with Crippen molar-refractivity contribution in [1.82, 2.24) is 10.2 Å². The number of hydrogen-bond acceptors (Lipinski definition) is 6. The fourth-order valence-corrected chi connectivity index (χ4v) is 5.13. The number of amides is 2. The third-order valence-corrected chi connectivity index (χ3v) is 7.54. The molecule has 1 unspecified atom stereocenters. The number of ether oxygens (including phenoxy) is 2. The summed E-state index contributed by atoms with van der Waals surface area (Å²) >= 11 is 6.32. The number of halogens is 1. The number of benzene rings is 2. The highest BCUT2D eigenvalue weighted by molar-refractivity contribution is 7.92. The molecule has 11 heteroatoms. The van der Waals surface area contributed by atoms with E-state index in [-0.39, 0.29) is 37.7 Å². The van der Waals surface area contributed by atoms with Gasteiger partial charge in [-0.15, -0.1) is 0 Å². The zero-order valence-electron chi connectivity index (χ0n) is 21.4. The van der Waals surface area contributed by atoms with Crippen LogP contribution in [-0.4, -0.2) is 63.7 Å². The molecule has 2 amide bonds. The van der Waals surface area contributed by atoms with Gasteiger partial charge in [-0.05, 0) is 43.5 Å². The standard InChI is InChI=1S/C26H34ClN3O6S/c1-4-13-28-26(32)19(2)29(18-20-8-5-6-9-22(20)27)25(31)10-7-14-30(37(3,33)34)21-11-12-23-24(17-21)36-16-15-35-23/h5-6,8-9,11-12,17,19H,4,7,10,13-16,18H2,1-3H3,(H,28,32). The van der Waals surface area contributed by atoms with Crippen molar-refractivity contribution >= 4 is 39.1 Å². The van der Waals surface area contributed by atoms with Gasteiger partial charge in [0.2, 0.25) is 21.8 Å². The zero-order valence-corrected chi connectivity index (χ0v) is 23.0. The molecule has 1 aliphatic heterocycles. The molecule has 2 aromatic carbocycles. The first-order valence-electron chi connectivity index (χ1n) is 12.3. The molecule has 1 N–H and O–H groups in total. The van der Waals surface area contributed by atoms with Crippen LogP contribution in [0.2, 0.25) is 5.02 Å². The molecule has 37 heavy (non-hydrogen) atoms. The highest BCUT2D eigenvalue weighted by Crippen LogP contribution is 2.34. The summed E-state index contributed by atoms with van der Waals surface area (Å²) in [5.74, 6) is 0.515. The Bertz CT molecular complexity index is 1210. The number of carbonyl (C=O) groups is 2. The van der Waals surface area contributed by atoms with Crippen molar-refractivity contribution in [3.05, 3.63) is 53.1 Å². The second-order valence-electron chi connectivity index (χ2n) is 8.85. The summed E-state index contributed by atoms with van der Waals surface area (Å²) in [7, 11) is -3.63. The van der Waals surface area contributed by atoms with Gasteiger partial charge in [0.15, 0.2) is 11.5 Å². The Morgan fingerprint density at radius 1 is 1.11 bits per heavy atom. The predicted molar refractivity (Wildman–Crippen MR) is 144 cm³/mol. The second-order valence-corrected chi connectivity index (χ2v) is 11.2. The second kappa shape index (κ2) is 13.0. The van der Waals surface area contributed by atoms with E-state index in [1.807, 2.05) is 19.1 Å². The van der Waals surface area contributed by atoms with E-state index in [0.717, 1.165) is 18.2 Å². The van der Waals surface area contributed by atoms with Gasteiger partial charge in [-0.3, -0.25) is 13.9 Å². The fourth-order valence-electron chi connectivity index (χ4n) is 3.98. The number of nitrogens with one attached hydrogen (secondary N) is 1. The molecule has 202 valence electrons. The van der Waals surface area contributed by atoms with Crippen LogP contribution in [0, 0.1) is 0 Å². The minimum atomic E-state index is -3.63. The Balaban J connectivity index is 1.73. The summed E-state index contributed by atoms with van der Waals surface area (Å²) in [5.41, 5.74) is 1.15. The smallest absolute Gasteiger partial charge is 0.242 e. The lowest BCUT2D eigenvalue weighted by molar-refractivity contribution is -0.140. The van der Waals surface area contributed by atoms with Crippen LogP contribution in [0.4, 0.5) is 5.69 Å². The summed E-state index contributed by atoms with van der Waals surface area (Å²) in [6, 6.07) is 11.4. The van der Waals surface area contributed by atoms with E-state index in [9.17, 15) is 18.0 Å². The number of sulfonamides is 1. The number of hydrogen-bond donors (Lipinski definition) is 1. The number of anilines is 1. The molecule has 1 atom stereocenters. The van der Waals surface area contributed by atoms with Gasteiger partial charge in [0.25, 0.3) is 0 Å². The van der Waals surface area contributed by atoms with E-state index in [2.05, 4.69) is 5.32 Å². The molecule has 9 nitrogen and oxygen atoms in total. The van der Waals surface area contributed by atoms with E-state index >= 15 is 0 Å². The monoisotopic (exact) mass is 551 g/mol. The lowest BCUT2D eigenvalue weighted by atomic mass is 10.1. The molecule has 2 aromatic rings. The molecule has 0 radical (unpaired) electrons. The quantitative estimate of drug-likeness (QED) is 0.432. The first-order valence-corrected chi connectivity index (χ1v) is 14.5. The van der Waals surface area contributed by atoms with Crippen LogP contribution in [0.15, 0.2) is 42.5 Å². The Morgan fingerprint density at radius 2 is 1.81 bits per heavy atom. The topological polar surface area (TPSA) is 105 Å². The van der Waals surface area contributed by atoms with E-state index in [0.29, 0.717) is 42.0 Å². The summed E-state index contributed by atoms with van der Waals surface area (Å²) in [5, 5.41) is 3.34. The average molecular weight is 552 g/mol. The van der Waals surface area contributed by atoms with Crippen molar-refractivity contribution in [3.63, 3.8) is 0 Å². The molecular weight excluding hydrogens is 518 g/mol. The molecule has 0 saturated heterocycles. The highest BCUT2D eigenvalue weighted by atomic mass is 35.5. The van der Waals surface area contributed by atoms with Gasteiger partial charge in [-0.2, -0.15) is 0 Å². The van der Waals surface area contributed by atoms with Gasteiger partial charge in [0.05, 0.1) is 11.9 Å². The first-order chi connectivity index (χ1) is 17.6. The van der Waals surface area contributed by atoms with Gasteiger partial charge in [0.1, 0.15) is 19.3 Å². The lowest BCUT2D eigenvalue weighted by Gasteiger charge is -2.30. The molecule has 0 fully saturated rings. The van der Waals surface area contributed by atoms with Crippen molar-refractivity contribution in [3.8, 4) is 11.5 Å². The van der Waals surface area contributed by atoms with E-state index < -0.39 is 16.1 Å². The van der Waals surface area contributed by atoms with Gasteiger partial charge in [-0.25, -0.2) is 8.42 Å². The van der Waals surface area contributed by atoms with Crippen LogP contribution in [0.1, 0.15) is 38.7 Å². The Morgan fingerprint density at radius 3 is 2.49 bits per heavy atom. The van der Waals surface area contributed by atoms with Gasteiger partial charge >= 0.3 is 0 Å². The highest BCUT2D eigenvalue weighted by Gasteiger charge is 2.27. The molecule has 1 aliphatic rings. The summed E-state index contributed by atoms with van der Waals surface area (Å²) in [6.45, 7) is 5.21. The molecule has 1 heterocycles. The maximum Gasteiger partial charge on any atom is 0.242 e. The summed E-state index contributed by atoms with van der Waals surface area (Å²) < 4.78 is 37.5. The van der Waals surface area contributed by atoms with Gasteiger partial charge in [-0.1, -0.05) is 36.7 Å². The van der Waals surface area contributed by atoms with E-state index in [1.54, 1.807) is 37.3 Å². The van der Waals surface area contributed by atoms with Crippen molar-refractivity contribution in [2.45, 2.75) is 45.7 Å². The third kappa shape index (κ3) is 7.75. The van der Waals surface area contributed by atoms with Crippen LogP contribution in [0.5, 0.6) is 11.5 Å². The minimum absolute atomic E-state index is 0.0480. The van der Waals surface area contributed by atoms with Crippen LogP contribution in [0.3, 0.4) is 0 Å².